The molecule has 1 fully saturated rings. The van der Waals surface area contributed by atoms with E-state index in [4.69, 9.17) is 10.8 Å². The Morgan fingerprint density at radius 3 is 2.93 bits per heavy atom. The summed E-state index contributed by atoms with van der Waals surface area (Å²) in [5.74, 6) is -0.0258. The Bertz CT molecular complexity index is 280. The summed E-state index contributed by atoms with van der Waals surface area (Å²) >= 11 is 0. The number of carbonyl (C=O) groups excluding carboxylic acids is 1. The SMILES string of the molecule is CC(N)CN=C1CCCC(=O)/C1=C\O. The van der Waals surface area contributed by atoms with Crippen molar-refractivity contribution in [1.82, 2.24) is 0 Å². The molecule has 0 aromatic rings. The minimum Gasteiger partial charge on any atom is -0.515 e. The van der Waals surface area contributed by atoms with Gasteiger partial charge < -0.3 is 10.8 Å². The molecule has 0 spiro atoms. The van der Waals surface area contributed by atoms with Crippen molar-refractivity contribution < 1.29 is 9.90 Å². The number of nitrogens with two attached hydrogens (primary N) is 1. The normalized spacial score (nSPS) is 25.7. The lowest BCUT2D eigenvalue weighted by Crippen LogP contribution is -2.23. The molecule has 1 unspecified atom stereocenters. The maximum atomic E-state index is 11.3. The number of ketones is 1. The third-order valence-corrected chi connectivity index (χ3v) is 2.13. The van der Waals surface area contributed by atoms with Gasteiger partial charge in [0, 0.05) is 18.2 Å². The summed E-state index contributed by atoms with van der Waals surface area (Å²) in [5, 5.41) is 8.90. The summed E-state index contributed by atoms with van der Waals surface area (Å²) in [6, 6.07) is -0.0144. The van der Waals surface area contributed by atoms with Crippen LogP contribution in [0.2, 0.25) is 0 Å². The van der Waals surface area contributed by atoms with Gasteiger partial charge in [-0.05, 0) is 19.8 Å². The minimum absolute atomic E-state index is 0.0144. The first kappa shape index (κ1) is 10.9. The van der Waals surface area contributed by atoms with Crippen LogP contribution in [0.1, 0.15) is 26.2 Å². The molecule has 3 N–H and O–H groups in total. The van der Waals surface area contributed by atoms with E-state index in [0.717, 1.165) is 19.1 Å². The van der Waals surface area contributed by atoms with Crippen LogP contribution >= 0.6 is 0 Å². The summed E-state index contributed by atoms with van der Waals surface area (Å²) in [4.78, 5) is 15.6. The molecule has 1 aliphatic rings. The fraction of sp³-hybridized carbons (Fsp3) is 0.600. The molecule has 0 aromatic heterocycles. The highest BCUT2D eigenvalue weighted by atomic mass is 16.2. The van der Waals surface area contributed by atoms with Gasteiger partial charge in [-0.1, -0.05) is 0 Å². The Balaban J connectivity index is 2.75. The van der Waals surface area contributed by atoms with E-state index in [2.05, 4.69) is 4.99 Å². The number of allylic oxidation sites excluding steroid dienone is 1. The molecule has 0 aromatic carbocycles. The first-order valence-corrected chi connectivity index (χ1v) is 4.82. The number of aliphatic hydroxyl groups excluding tert-OH is 1. The van der Waals surface area contributed by atoms with Crippen molar-refractivity contribution in [3.63, 3.8) is 0 Å². The van der Waals surface area contributed by atoms with Crippen LogP contribution in [-0.2, 0) is 4.79 Å². The van der Waals surface area contributed by atoms with E-state index >= 15 is 0 Å². The molecule has 1 saturated carbocycles. The van der Waals surface area contributed by atoms with Crippen LogP contribution in [0.15, 0.2) is 16.8 Å². The van der Waals surface area contributed by atoms with Crippen molar-refractivity contribution in [2.45, 2.75) is 32.2 Å². The second kappa shape index (κ2) is 4.91. The molecule has 4 heteroatoms. The highest BCUT2D eigenvalue weighted by molar-refractivity contribution is 6.23. The Morgan fingerprint density at radius 2 is 2.36 bits per heavy atom. The summed E-state index contributed by atoms with van der Waals surface area (Å²) < 4.78 is 0. The molecular weight excluding hydrogens is 180 g/mol. The lowest BCUT2D eigenvalue weighted by atomic mass is 9.92. The monoisotopic (exact) mass is 196 g/mol. The highest BCUT2D eigenvalue weighted by Gasteiger charge is 2.21. The quantitative estimate of drug-likeness (QED) is 0.510. The average molecular weight is 196 g/mol. The maximum Gasteiger partial charge on any atom is 0.167 e. The summed E-state index contributed by atoms with van der Waals surface area (Å²) in [5.41, 5.74) is 6.61. The van der Waals surface area contributed by atoms with Gasteiger partial charge in [0.2, 0.25) is 0 Å². The zero-order valence-electron chi connectivity index (χ0n) is 8.36. The summed E-state index contributed by atoms with van der Waals surface area (Å²) in [7, 11) is 0. The van der Waals surface area contributed by atoms with Crippen molar-refractivity contribution in [3.05, 3.63) is 11.8 Å². The molecule has 0 bridgehead atoms. The largest absolute Gasteiger partial charge is 0.515 e. The molecule has 1 aliphatic carbocycles. The van der Waals surface area contributed by atoms with Crippen LogP contribution in [0.5, 0.6) is 0 Å². The molecule has 14 heavy (non-hydrogen) atoms. The molecule has 1 rings (SSSR count). The highest BCUT2D eigenvalue weighted by Crippen LogP contribution is 2.17. The topological polar surface area (TPSA) is 75.7 Å². The zero-order valence-corrected chi connectivity index (χ0v) is 8.36. The van der Waals surface area contributed by atoms with Crippen molar-refractivity contribution in [2.24, 2.45) is 10.7 Å². The Morgan fingerprint density at radius 1 is 1.64 bits per heavy atom. The number of hydrogen-bond acceptors (Lipinski definition) is 4. The second-order valence-electron chi connectivity index (χ2n) is 3.58. The van der Waals surface area contributed by atoms with E-state index in [1.165, 1.54) is 0 Å². The minimum atomic E-state index is -0.0258. The third kappa shape index (κ3) is 2.67. The van der Waals surface area contributed by atoms with E-state index < -0.39 is 0 Å². The molecule has 0 aliphatic heterocycles. The molecule has 0 radical (unpaired) electrons. The fourth-order valence-electron chi connectivity index (χ4n) is 1.41. The van der Waals surface area contributed by atoms with E-state index in [-0.39, 0.29) is 11.8 Å². The maximum absolute atomic E-state index is 11.3. The van der Waals surface area contributed by atoms with Crippen LogP contribution in [0, 0.1) is 0 Å². The zero-order chi connectivity index (χ0) is 10.6. The molecule has 1 atom stereocenters. The molecule has 0 amide bonds. The van der Waals surface area contributed by atoms with Gasteiger partial charge in [0.15, 0.2) is 5.78 Å². The predicted octanol–water partition coefficient (Wildman–Crippen LogP) is 0.970. The molecule has 0 heterocycles. The van der Waals surface area contributed by atoms with Crippen LogP contribution in [0.4, 0.5) is 0 Å². The number of nitrogens with zero attached hydrogens (tertiary/aromatic N) is 1. The molecule has 4 nitrogen and oxygen atoms in total. The number of rotatable bonds is 2. The lowest BCUT2D eigenvalue weighted by Gasteiger charge is -2.15. The Kier molecular flexibility index (Phi) is 3.83. The van der Waals surface area contributed by atoms with E-state index in [1.807, 2.05) is 6.92 Å². The summed E-state index contributed by atoms with van der Waals surface area (Å²) in [6.07, 6.45) is 2.93. The Hall–Kier alpha value is -1.16. The van der Waals surface area contributed by atoms with Gasteiger partial charge in [-0.15, -0.1) is 0 Å². The number of aliphatic hydroxyl groups is 1. The second-order valence-corrected chi connectivity index (χ2v) is 3.58. The van der Waals surface area contributed by atoms with Crippen molar-refractivity contribution in [2.75, 3.05) is 6.54 Å². The Labute approximate surface area is 83.5 Å². The standard InChI is InChI=1S/C10H16N2O2/c1-7(11)5-12-9-3-2-4-10(14)8(9)6-13/h6-7,13H,2-5,11H2,1H3/b8-6-,12-9?. The predicted molar refractivity (Wildman–Crippen MR) is 55.5 cm³/mol. The lowest BCUT2D eigenvalue weighted by molar-refractivity contribution is -0.115. The number of aliphatic imine (C=N–C) groups is 1. The molecule has 78 valence electrons. The number of carbonyl (C=O) groups is 1. The third-order valence-electron chi connectivity index (χ3n) is 2.13. The number of Topliss-reactive ketones (excluding diaryl/α,β-unsaturated/α-hetero) is 1. The van der Waals surface area contributed by atoms with Crippen molar-refractivity contribution in [3.8, 4) is 0 Å². The first-order valence-electron chi connectivity index (χ1n) is 4.82. The van der Waals surface area contributed by atoms with Gasteiger partial charge in [0.1, 0.15) is 0 Å². The van der Waals surface area contributed by atoms with Crippen LogP contribution in [-0.4, -0.2) is 29.2 Å². The van der Waals surface area contributed by atoms with Crippen LogP contribution < -0.4 is 5.73 Å². The van der Waals surface area contributed by atoms with E-state index in [0.29, 0.717) is 24.3 Å². The van der Waals surface area contributed by atoms with Gasteiger partial charge in [-0.25, -0.2) is 0 Å². The van der Waals surface area contributed by atoms with Gasteiger partial charge in [0.05, 0.1) is 18.4 Å². The smallest absolute Gasteiger partial charge is 0.167 e. The van der Waals surface area contributed by atoms with Gasteiger partial charge >= 0.3 is 0 Å². The first-order chi connectivity index (χ1) is 6.65. The number of hydrogen-bond donors (Lipinski definition) is 2. The van der Waals surface area contributed by atoms with Crippen molar-refractivity contribution in [1.29, 1.82) is 0 Å². The van der Waals surface area contributed by atoms with Crippen molar-refractivity contribution >= 4 is 11.5 Å². The van der Waals surface area contributed by atoms with Gasteiger partial charge in [-0.2, -0.15) is 0 Å². The van der Waals surface area contributed by atoms with Gasteiger partial charge in [0.25, 0.3) is 0 Å². The van der Waals surface area contributed by atoms with Crippen LogP contribution in [0.25, 0.3) is 0 Å². The van der Waals surface area contributed by atoms with E-state index in [9.17, 15) is 4.79 Å². The van der Waals surface area contributed by atoms with Gasteiger partial charge in [-0.3, -0.25) is 9.79 Å². The van der Waals surface area contributed by atoms with Crippen LogP contribution in [0.3, 0.4) is 0 Å². The molecular formula is C10H16N2O2. The summed E-state index contributed by atoms with van der Waals surface area (Å²) in [6.45, 7) is 2.36. The molecule has 0 saturated heterocycles. The average Bonchev–Trinajstić information content (AvgIpc) is 2.14. The van der Waals surface area contributed by atoms with E-state index in [1.54, 1.807) is 0 Å². The fourth-order valence-corrected chi connectivity index (χ4v) is 1.41.